The highest BCUT2D eigenvalue weighted by atomic mass is 31.2. The standard InChI is InChI=1S/C76H128NO8P/c1-6-8-10-12-14-16-18-20-22-24-26-28-30-32-33-34-35-36-37-38-39-40-41-42-43-45-46-48-50-52-54-56-58-60-62-64-66-68-75(78)82-72-74(73-84-86(80,81)83-71-70-77(3,4)5)85-76(79)69-67-65-63-61-59-57-55-53-51-49-47-44-31-29-27-25-23-21-19-17-15-13-11-9-7-2/h8-11,14-17,20-23,26-29,32-33,44,47,51,53,57,59,74H,6-7,12-13,18-19,24-25,30-31,34-43,45-46,48-50,52,54-56,58,60-73H2,1-5H3/b10-8-,11-9-,16-14-,17-15-,22-20-,23-21-,28-26-,29-27-,33-32-,47-44-,53-51-,59-57-. The Morgan fingerprint density at radius 1 is 0.360 bits per heavy atom. The van der Waals surface area contributed by atoms with E-state index in [1.165, 1.54) is 122 Å². The Bertz CT molecular complexity index is 1960. The number of nitrogens with zero attached hydrogens (tertiary/aromatic N) is 1. The number of hydrogen-bond acceptors (Lipinski definition) is 8. The van der Waals surface area contributed by atoms with Crippen molar-refractivity contribution in [2.75, 3.05) is 47.5 Å². The van der Waals surface area contributed by atoms with E-state index in [0.717, 1.165) is 116 Å². The van der Waals surface area contributed by atoms with Crippen LogP contribution in [0, 0.1) is 0 Å². The number of rotatable bonds is 62. The Hall–Kier alpha value is -4.11. The van der Waals surface area contributed by atoms with Gasteiger partial charge >= 0.3 is 11.9 Å². The second-order valence-electron chi connectivity index (χ2n) is 23.8. The average Bonchev–Trinajstić information content (AvgIpc) is 3.70. The van der Waals surface area contributed by atoms with Gasteiger partial charge < -0.3 is 27.9 Å². The van der Waals surface area contributed by atoms with Crippen LogP contribution in [0.25, 0.3) is 0 Å². The lowest BCUT2D eigenvalue weighted by molar-refractivity contribution is -0.870. The first-order valence-electron chi connectivity index (χ1n) is 34.5. The lowest BCUT2D eigenvalue weighted by atomic mass is 10.0. The third-order valence-electron chi connectivity index (χ3n) is 14.4. The van der Waals surface area contributed by atoms with Gasteiger partial charge in [-0.3, -0.25) is 14.2 Å². The summed E-state index contributed by atoms with van der Waals surface area (Å²) in [4.78, 5) is 38.0. The number of carbonyl (C=O) groups is 2. The second kappa shape index (κ2) is 65.3. The van der Waals surface area contributed by atoms with E-state index in [0.29, 0.717) is 17.4 Å². The lowest BCUT2D eigenvalue weighted by Crippen LogP contribution is -2.37. The first-order valence-corrected chi connectivity index (χ1v) is 36.0. The number of allylic oxidation sites excluding steroid dienone is 24. The van der Waals surface area contributed by atoms with Gasteiger partial charge in [-0.1, -0.05) is 288 Å². The summed E-state index contributed by atoms with van der Waals surface area (Å²) in [6.07, 6.45) is 96.5. The van der Waals surface area contributed by atoms with Crippen molar-refractivity contribution >= 4 is 19.8 Å². The van der Waals surface area contributed by atoms with E-state index in [1.54, 1.807) is 0 Å². The van der Waals surface area contributed by atoms with Crippen LogP contribution in [0.3, 0.4) is 0 Å². The fourth-order valence-corrected chi connectivity index (χ4v) is 9.86. The molecule has 0 fully saturated rings. The molecule has 9 nitrogen and oxygen atoms in total. The van der Waals surface area contributed by atoms with Crippen LogP contribution >= 0.6 is 7.82 Å². The van der Waals surface area contributed by atoms with Crippen LogP contribution in [0.1, 0.15) is 271 Å². The monoisotopic (exact) mass is 1210 g/mol. The molecule has 0 aliphatic rings. The van der Waals surface area contributed by atoms with Crippen molar-refractivity contribution in [3.63, 3.8) is 0 Å². The number of esters is 2. The summed E-state index contributed by atoms with van der Waals surface area (Å²) in [5.74, 6) is -0.873. The van der Waals surface area contributed by atoms with Gasteiger partial charge in [0.15, 0.2) is 6.10 Å². The first kappa shape index (κ1) is 81.9. The molecule has 0 bridgehead atoms. The van der Waals surface area contributed by atoms with Gasteiger partial charge in [0.25, 0.3) is 7.82 Å². The molecular formula is C76H128NO8P. The molecule has 0 aliphatic carbocycles. The van der Waals surface area contributed by atoms with E-state index in [1.807, 2.05) is 21.1 Å². The number of phosphoric ester groups is 1. The van der Waals surface area contributed by atoms with Crippen LogP contribution in [-0.2, 0) is 32.7 Å². The molecule has 0 amide bonds. The van der Waals surface area contributed by atoms with Gasteiger partial charge in [-0.25, -0.2) is 0 Å². The summed E-state index contributed by atoms with van der Waals surface area (Å²) >= 11 is 0. The Balaban J connectivity index is 4.07. The van der Waals surface area contributed by atoms with Crippen molar-refractivity contribution in [1.82, 2.24) is 0 Å². The van der Waals surface area contributed by atoms with E-state index < -0.39 is 32.5 Å². The number of phosphoric acid groups is 1. The average molecular weight is 1210 g/mol. The number of unbranched alkanes of at least 4 members (excludes halogenated alkanes) is 24. The van der Waals surface area contributed by atoms with Gasteiger partial charge in [-0.2, -0.15) is 0 Å². The third kappa shape index (κ3) is 69.0. The summed E-state index contributed by atoms with van der Waals surface area (Å²) in [6, 6.07) is 0. The van der Waals surface area contributed by atoms with Gasteiger partial charge in [0.1, 0.15) is 19.8 Å². The number of quaternary nitrogens is 1. The number of hydrogen-bond donors (Lipinski definition) is 0. The zero-order valence-corrected chi connectivity index (χ0v) is 56.6. The molecule has 2 unspecified atom stereocenters. The SMILES string of the molecule is CC/C=C\C/C=C\C/C=C\C/C=C\C/C=C\C/C=C\C/C=C\CCCCCC(=O)OC(COC(=O)CCCCCCCCCCCCCCCCCCCCCCC/C=C\C/C=C\C/C=C\C/C=C\C/C=C\CC)COP(=O)([O-])OCC[N+](C)(C)C. The Kier molecular flexibility index (Phi) is 62.2. The van der Waals surface area contributed by atoms with E-state index in [4.69, 9.17) is 18.5 Å². The molecular weight excluding hydrogens is 1090 g/mol. The summed E-state index contributed by atoms with van der Waals surface area (Å²) in [5.41, 5.74) is 0. The van der Waals surface area contributed by atoms with E-state index >= 15 is 0 Å². The van der Waals surface area contributed by atoms with Crippen molar-refractivity contribution in [1.29, 1.82) is 0 Å². The van der Waals surface area contributed by atoms with Crippen molar-refractivity contribution in [3.8, 4) is 0 Å². The molecule has 86 heavy (non-hydrogen) atoms. The Morgan fingerprint density at radius 3 is 0.942 bits per heavy atom. The number of ether oxygens (including phenoxy) is 2. The fraction of sp³-hybridized carbons (Fsp3) is 0.658. The molecule has 0 N–H and O–H groups in total. The molecule has 490 valence electrons. The normalized spacial score (nSPS) is 14.1. The zero-order chi connectivity index (χ0) is 62.6. The van der Waals surface area contributed by atoms with Crippen LogP contribution in [-0.4, -0.2) is 70.0 Å². The molecule has 2 atom stereocenters. The maximum absolute atomic E-state index is 12.8. The summed E-state index contributed by atoms with van der Waals surface area (Å²) in [5, 5.41) is 0. The Labute approximate surface area is 529 Å². The van der Waals surface area contributed by atoms with Crippen LogP contribution in [0.5, 0.6) is 0 Å². The van der Waals surface area contributed by atoms with E-state index in [-0.39, 0.29) is 26.1 Å². The van der Waals surface area contributed by atoms with Gasteiger partial charge in [0.2, 0.25) is 0 Å². The largest absolute Gasteiger partial charge is 0.756 e. The fourth-order valence-electron chi connectivity index (χ4n) is 9.14. The molecule has 0 spiro atoms. The molecule has 0 heterocycles. The maximum Gasteiger partial charge on any atom is 0.306 e. The van der Waals surface area contributed by atoms with Gasteiger partial charge in [-0.05, 0) is 116 Å². The van der Waals surface area contributed by atoms with Gasteiger partial charge in [0, 0.05) is 12.8 Å². The maximum atomic E-state index is 12.8. The van der Waals surface area contributed by atoms with Crippen LogP contribution < -0.4 is 4.89 Å². The minimum absolute atomic E-state index is 0.0438. The minimum Gasteiger partial charge on any atom is -0.756 e. The number of carbonyl (C=O) groups excluding carboxylic acids is 2. The topological polar surface area (TPSA) is 111 Å². The highest BCUT2D eigenvalue weighted by Crippen LogP contribution is 2.38. The molecule has 0 saturated carbocycles. The zero-order valence-electron chi connectivity index (χ0n) is 55.7. The molecule has 0 aliphatic heterocycles. The van der Waals surface area contributed by atoms with Gasteiger partial charge in [-0.15, -0.1) is 0 Å². The van der Waals surface area contributed by atoms with Crippen molar-refractivity contribution in [2.24, 2.45) is 0 Å². The molecule has 10 heteroatoms. The minimum atomic E-state index is -4.66. The molecule has 0 aromatic heterocycles. The van der Waals surface area contributed by atoms with Crippen LogP contribution in [0.4, 0.5) is 0 Å². The van der Waals surface area contributed by atoms with E-state index in [9.17, 15) is 19.0 Å². The highest BCUT2D eigenvalue weighted by molar-refractivity contribution is 7.45. The molecule has 0 radical (unpaired) electrons. The first-order chi connectivity index (χ1) is 42.0. The Morgan fingerprint density at radius 2 is 0.628 bits per heavy atom. The predicted molar refractivity (Wildman–Crippen MR) is 369 cm³/mol. The van der Waals surface area contributed by atoms with Crippen LogP contribution in [0.15, 0.2) is 146 Å². The molecule has 0 aromatic carbocycles. The van der Waals surface area contributed by atoms with Crippen molar-refractivity contribution < 1.29 is 42.1 Å². The van der Waals surface area contributed by atoms with Crippen LogP contribution in [0.2, 0.25) is 0 Å². The quantitative estimate of drug-likeness (QED) is 0.0195. The molecule has 0 rings (SSSR count). The van der Waals surface area contributed by atoms with E-state index in [2.05, 4.69) is 160 Å². The van der Waals surface area contributed by atoms with Crippen molar-refractivity contribution in [3.05, 3.63) is 146 Å². The summed E-state index contributed by atoms with van der Waals surface area (Å²) in [6.45, 7) is 3.98. The second-order valence-corrected chi connectivity index (χ2v) is 25.2. The summed E-state index contributed by atoms with van der Waals surface area (Å²) < 4.78 is 34.2. The highest BCUT2D eigenvalue weighted by Gasteiger charge is 2.22. The third-order valence-corrected chi connectivity index (χ3v) is 15.3. The predicted octanol–water partition coefficient (Wildman–Crippen LogP) is 22.0. The lowest BCUT2D eigenvalue weighted by Gasteiger charge is -2.28. The molecule has 0 aromatic rings. The summed E-state index contributed by atoms with van der Waals surface area (Å²) in [7, 11) is 1.13. The number of likely N-dealkylation sites (N-methyl/N-ethyl adjacent to an activating group) is 1. The molecule has 0 saturated heterocycles. The van der Waals surface area contributed by atoms with Crippen molar-refractivity contribution in [2.45, 2.75) is 277 Å². The van der Waals surface area contributed by atoms with Gasteiger partial charge in [0.05, 0.1) is 27.7 Å². The smallest absolute Gasteiger partial charge is 0.306 e.